The lowest BCUT2D eigenvalue weighted by Gasteiger charge is -2.20. The maximum atomic E-state index is 11.4. The van der Waals surface area contributed by atoms with Gasteiger partial charge in [0.1, 0.15) is 6.04 Å². The second-order valence-electron chi connectivity index (χ2n) is 6.54. The predicted molar refractivity (Wildman–Crippen MR) is 99.4 cm³/mol. The number of aliphatic carboxylic acids is 2. The highest BCUT2D eigenvalue weighted by Gasteiger charge is 2.39. The van der Waals surface area contributed by atoms with Crippen molar-refractivity contribution in [3.05, 3.63) is 71.3 Å². The molecule has 2 unspecified atom stereocenters. The van der Waals surface area contributed by atoms with Crippen molar-refractivity contribution >= 4 is 24.1 Å². The van der Waals surface area contributed by atoms with Gasteiger partial charge in [-0.2, -0.15) is 0 Å². The van der Waals surface area contributed by atoms with Crippen molar-refractivity contribution in [2.45, 2.75) is 19.0 Å². The number of benzene rings is 2. The van der Waals surface area contributed by atoms with E-state index in [0.29, 0.717) is 6.54 Å². The highest BCUT2D eigenvalue weighted by molar-refractivity contribution is 5.77. The second kappa shape index (κ2) is 7.97. The topological polar surface area (TPSA) is 77.8 Å². The van der Waals surface area contributed by atoms with Crippen LogP contribution in [0.3, 0.4) is 0 Å². The summed E-state index contributed by atoms with van der Waals surface area (Å²) in [4.78, 5) is 24.3. The van der Waals surface area contributed by atoms with Crippen LogP contribution in [0, 0.1) is 5.92 Å². The van der Waals surface area contributed by atoms with Crippen molar-refractivity contribution in [2.24, 2.45) is 5.92 Å². The van der Waals surface area contributed by atoms with E-state index in [1.165, 1.54) is 0 Å². The molecule has 2 aromatic rings. The Morgan fingerprint density at radius 1 is 0.923 bits per heavy atom. The van der Waals surface area contributed by atoms with Gasteiger partial charge in [0.05, 0.1) is 5.92 Å². The molecule has 1 aliphatic rings. The molecule has 5 nitrogen and oxygen atoms in total. The first kappa shape index (κ1) is 17.9. The molecule has 0 amide bonds. The van der Waals surface area contributed by atoms with Gasteiger partial charge in [0.15, 0.2) is 0 Å². The van der Waals surface area contributed by atoms with Crippen molar-refractivity contribution in [3.8, 4) is 0 Å². The molecule has 1 saturated heterocycles. The molecule has 2 N–H and O–H groups in total. The average molecular weight is 351 g/mol. The number of carboxylic acids is 2. The van der Waals surface area contributed by atoms with E-state index in [2.05, 4.69) is 0 Å². The molecule has 0 bridgehead atoms. The molecule has 134 valence electrons. The zero-order chi connectivity index (χ0) is 18.5. The van der Waals surface area contributed by atoms with Crippen LogP contribution in [0.4, 0.5) is 0 Å². The first-order valence-corrected chi connectivity index (χ1v) is 8.54. The van der Waals surface area contributed by atoms with Crippen LogP contribution in [0.1, 0.15) is 23.1 Å². The summed E-state index contributed by atoms with van der Waals surface area (Å²) in [5.74, 6) is -2.51. The van der Waals surface area contributed by atoms with E-state index in [0.717, 1.165) is 16.7 Å². The number of rotatable bonds is 6. The standard InChI is InChI=1S/C21H21NO4/c23-20(24)18-12-19(21(25)26)22(14-18)13-17-10-8-16(9-11-17)7-6-15-4-2-1-3-5-15/h1-11,18-19H,12-14H2,(H,23,24)(H,25,26). The Kier molecular flexibility index (Phi) is 5.49. The molecule has 2 atom stereocenters. The Labute approximate surface area is 152 Å². The van der Waals surface area contributed by atoms with Crippen LogP contribution in [-0.4, -0.2) is 39.6 Å². The molecule has 0 radical (unpaired) electrons. The van der Waals surface area contributed by atoms with Crippen LogP contribution in [-0.2, 0) is 16.1 Å². The van der Waals surface area contributed by atoms with Gasteiger partial charge in [0.2, 0.25) is 0 Å². The molecule has 1 heterocycles. The lowest BCUT2D eigenvalue weighted by atomic mass is 10.1. The number of likely N-dealkylation sites (tertiary alicyclic amines) is 1. The molecule has 3 rings (SSSR count). The summed E-state index contributed by atoms with van der Waals surface area (Å²) in [5.41, 5.74) is 3.15. The third kappa shape index (κ3) is 4.37. The molecule has 0 aromatic heterocycles. The molecule has 1 aliphatic heterocycles. The number of hydrogen-bond donors (Lipinski definition) is 2. The number of carboxylic acid groups (broad SMARTS) is 2. The molecule has 1 fully saturated rings. The highest BCUT2D eigenvalue weighted by Crippen LogP contribution is 2.26. The molecule has 0 aliphatic carbocycles. The van der Waals surface area contributed by atoms with E-state index >= 15 is 0 Å². The van der Waals surface area contributed by atoms with Crippen LogP contribution >= 0.6 is 0 Å². The van der Waals surface area contributed by atoms with Gasteiger partial charge >= 0.3 is 11.9 Å². The molecule has 0 spiro atoms. The van der Waals surface area contributed by atoms with Gasteiger partial charge in [-0.25, -0.2) is 0 Å². The number of nitrogens with zero attached hydrogens (tertiary/aromatic N) is 1. The van der Waals surface area contributed by atoms with Gasteiger partial charge in [-0.1, -0.05) is 66.7 Å². The normalized spacial score (nSPS) is 20.5. The van der Waals surface area contributed by atoms with Crippen molar-refractivity contribution in [1.29, 1.82) is 0 Å². The third-order valence-corrected chi connectivity index (χ3v) is 4.67. The zero-order valence-corrected chi connectivity index (χ0v) is 14.3. The number of carbonyl (C=O) groups is 2. The molecule has 5 heteroatoms. The molecular formula is C21H21NO4. The van der Waals surface area contributed by atoms with Crippen LogP contribution < -0.4 is 0 Å². The van der Waals surface area contributed by atoms with Gasteiger partial charge in [0, 0.05) is 13.1 Å². The van der Waals surface area contributed by atoms with Gasteiger partial charge < -0.3 is 10.2 Å². The van der Waals surface area contributed by atoms with Crippen molar-refractivity contribution in [1.82, 2.24) is 4.90 Å². The lowest BCUT2D eigenvalue weighted by molar-refractivity contribution is -0.142. The fraction of sp³-hybridized carbons (Fsp3) is 0.238. The van der Waals surface area contributed by atoms with Crippen LogP contribution in [0.25, 0.3) is 12.2 Å². The first-order chi connectivity index (χ1) is 12.5. The maximum absolute atomic E-state index is 11.4. The average Bonchev–Trinajstić information content (AvgIpc) is 3.06. The summed E-state index contributed by atoms with van der Waals surface area (Å²) >= 11 is 0. The molecule has 2 aromatic carbocycles. The zero-order valence-electron chi connectivity index (χ0n) is 14.3. The van der Waals surface area contributed by atoms with Gasteiger partial charge in [-0.15, -0.1) is 0 Å². The summed E-state index contributed by atoms with van der Waals surface area (Å²) in [6.07, 6.45) is 4.21. The maximum Gasteiger partial charge on any atom is 0.320 e. The van der Waals surface area contributed by atoms with Crippen molar-refractivity contribution in [2.75, 3.05) is 6.54 Å². The van der Waals surface area contributed by atoms with E-state index in [-0.39, 0.29) is 13.0 Å². The summed E-state index contributed by atoms with van der Waals surface area (Å²) < 4.78 is 0. The summed E-state index contributed by atoms with van der Waals surface area (Å²) in [7, 11) is 0. The minimum absolute atomic E-state index is 0.155. The Hall–Kier alpha value is -2.92. The Bertz CT molecular complexity index is 799. The monoisotopic (exact) mass is 351 g/mol. The smallest absolute Gasteiger partial charge is 0.320 e. The SMILES string of the molecule is O=C(O)C1CC(C(=O)O)N(Cc2ccc(C=Cc3ccccc3)cc2)C1. The Morgan fingerprint density at radius 2 is 1.54 bits per heavy atom. The van der Waals surface area contributed by atoms with E-state index in [9.17, 15) is 14.7 Å². The fourth-order valence-corrected chi connectivity index (χ4v) is 3.24. The Morgan fingerprint density at radius 3 is 2.12 bits per heavy atom. The predicted octanol–water partition coefficient (Wildman–Crippen LogP) is 3.22. The summed E-state index contributed by atoms with van der Waals surface area (Å²) in [5, 5.41) is 18.5. The van der Waals surface area contributed by atoms with Crippen LogP contribution in [0.2, 0.25) is 0 Å². The molecular weight excluding hydrogens is 330 g/mol. The van der Waals surface area contributed by atoms with Gasteiger partial charge in [-0.05, 0) is 23.1 Å². The largest absolute Gasteiger partial charge is 0.481 e. The first-order valence-electron chi connectivity index (χ1n) is 8.54. The molecule has 0 saturated carbocycles. The summed E-state index contributed by atoms with van der Waals surface area (Å²) in [6, 6.07) is 17.1. The summed E-state index contributed by atoms with van der Waals surface area (Å²) in [6.45, 7) is 0.700. The third-order valence-electron chi connectivity index (χ3n) is 4.67. The quantitative estimate of drug-likeness (QED) is 0.782. The highest BCUT2D eigenvalue weighted by atomic mass is 16.4. The van der Waals surface area contributed by atoms with E-state index in [1.54, 1.807) is 4.90 Å². The van der Waals surface area contributed by atoms with Gasteiger partial charge in [-0.3, -0.25) is 14.5 Å². The van der Waals surface area contributed by atoms with Crippen molar-refractivity contribution < 1.29 is 19.8 Å². The van der Waals surface area contributed by atoms with Crippen LogP contribution in [0.5, 0.6) is 0 Å². The molecule has 26 heavy (non-hydrogen) atoms. The van der Waals surface area contributed by atoms with E-state index in [1.807, 2.05) is 66.7 Å². The van der Waals surface area contributed by atoms with Crippen LogP contribution in [0.15, 0.2) is 54.6 Å². The van der Waals surface area contributed by atoms with Crippen molar-refractivity contribution in [3.63, 3.8) is 0 Å². The fourth-order valence-electron chi connectivity index (χ4n) is 3.24. The van der Waals surface area contributed by atoms with E-state index in [4.69, 9.17) is 5.11 Å². The lowest BCUT2D eigenvalue weighted by Crippen LogP contribution is -2.35. The number of hydrogen-bond acceptors (Lipinski definition) is 3. The minimum atomic E-state index is -0.962. The second-order valence-corrected chi connectivity index (χ2v) is 6.54. The minimum Gasteiger partial charge on any atom is -0.481 e. The Balaban J connectivity index is 1.66. The van der Waals surface area contributed by atoms with E-state index < -0.39 is 23.9 Å². The van der Waals surface area contributed by atoms with Gasteiger partial charge in [0.25, 0.3) is 0 Å².